The number of nitrogens with one attached hydrogen (secondary N) is 1. The fourth-order valence-corrected chi connectivity index (χ4v) is 2.77. The number of hydrogen-bond acceptors (Lipinski definition) is 5. The second-order valence-electron chi connectivity index (χ2n) is 5.18. The van der Waals surface area contributed by atoms with Crippen LogP contribution in [0.2, 0.25) is 0 Å². The Labute approximate surface area is 128 Å². The Morgan fingerprint density at radius 1 is 1.32 bits per heavy atom. The molecule has 1 unspecified atom stereocenters. The maximum atomic E-state index is 12.1. The van der Waals surface area contributed by atoms with Crippen molar-refractivity contribution in [2.24, 2.45) is 0 Å². The van der Waals surface area contributed by atoms with Crippen molar-refractivity contribution in [3.8, 4) is 6.07 Å². The Hall–Kier alpha value is -2.59. The third-order valence-corrected chi connectivity index (χ3v) is 4.06. The average Bonchev–Trinajstić information content (AvgIpc) is 2.53. The van der Waals surface area contributed by atoms with Crippen molar-refractivity contribution < 1.29 is 14.7 Å². The Morgan fingerprint density at radius 2 is 1.95 bits per heavy atom. The highest BCUT2D eigenvalue weighted by molar-refractivity contribution is 5.90. The van der Waals surface area contributed by atoms with Crippen molar-refractivity contribution in [1.82, 2.24) is 10.2 Å². The summed E-state index contributed by atoms with van der Waals surface area (Å²) in [7, 11) is 1.58. The fraction of sp³-hybridized carbons (Fsp3) is 0.400. The summed E-state index contributed by atoms with van der Waals surface area (Å²) in [6.07, 6.45) is -1.12. The van der Waals surface area contributed by atoms with Gasteiger partial charge in [-0.05, 0) is 38.2 Å². The van der Waals surface area contributed by atoms with Gasteiger partial charge in [0.1, 0.15) is 0 Å². The fourth-order valence-electron chi connectivity index (χ4n) is 2.77. The normalized spacial score (nSPS) is 21.3. The molecule has 0 radical (unpaired) electrons. The molecule has 2 rings (SSSR count). The summed E-state index contributed by atoms with van der Waals surface area (Å²) in [5, 5.41) is 21.1. The highest BCUT2D eigenvalue weighted by Gasteiger charge is 2.47. The van der Waals surface area contributed by atoms with Crippen LogP contribution in [0.15, 0.2) is 24.3 Å². The molecule has 1 aliphatic heterocycles. The van der Waals surface area contributed by atoms with Gasteiger partial charge in [0, 0.05) is 18.8 Å². The minimum Gasteiger partial charge on any atom is -0.465 e. The first-order valence-corrected chi connectivity index (χ1v) is 6.90. The summed E-state index contributed by atoms with van der Waals surface area (Å²) in [5.41, 5.74) is 0.141. The largest absolute Gasteiger partial charge is 0.465 e. The minimum absolute atomic E-state index is 0.218. The molecule has 116 valence electrons. The number of anilines is 1. The van der Waals surface area contributed by atoms with Gasteiger partial charge >= 0.3 is 6.09 Å². The number of amides is 1. The zero-order valence-corrected chi connectivity index (χ0v) is 12.5. The van der Waals surface area contributed by atoms with Crippen LogP contribution in [0.3, 0.4) is 0 Å². The van der Waals surface area contributed by atoms with Crippen LogP contribution in [0.1, 0.15) is 12.5 Å². The molecule has 1 atom stereocenters. The number of likely N-dealkylation sites (N-methyl/N-ethyl adjacent to an activating group) is 1. The van der Waals surface area contributed by atoms with E-state index in [1.54, 1.807) is 31.3 Å². The van der Waals surface area contributed by atoms with Crippen LogP contribution in [0.25, 0.3) is 0 Å². The van der Waals surface area contributed by atoms with E-state index in [2.05, 4.69) is 11.4 Å². The van der Waals surface area contributed by atoms with Crippen molar-refractivity contribution in [2.45, 2.75) is 12.6 Å². The third-order valence-electron chi connectivity index (χ3n) is 4.06. The summed E-state index contributed by atoms with van der Waals surface area (Å²) in [6, 6.07) is 9.06. The van der Waals surface area contributed by atoms with E-state index in [0.29, 0.717) is 12.1 Å². The molecule has 1 aliphatic rings. The molecule has 1 saturated heterocycles. The van der Waals surface area contributed by atoms with Crippen LogP contribution >= 0.6 is 0 Å². The van der Waals surface area contributed by atoms with E-state index in [0.717, 1.165) is 10.6 Å². The summed E-state index contributed by atoms with van der Waals surface area (Å²) >= 11 is 0. The number of ketones is 1. The lowest BCUT2D eigenvalue weighted by Crippen LogP contribution is -2.73. The molecular weight excluding hydrogens is 284 g/mol. The molecule has 2 N–H and O–H groups in total. The second-order valence-corrected chi connectivity index (χ2v) is 5.18. The molecular formula is C15H18N4O3. The van der Waals surface area contributed by atoms with Gasteiger partial charge in [0.05, 0.1) is 18.2 Å². The Bertz CT molecular complexity index is 623. The monoisotopic (exact) mass is 302 g/mol. The lowest BCUT2D eigenvalue weighted by atomic mass is 9.99. The van der Waals surface area contributed by atoms with Crippen LogP contribution in [-0.4, -0.2) is 54.2 Å². The Kier molecular flexibility index (Phi) is 4.33. The van der Waals surface area contributed by atoms with Crippen LogP contribution in [-0.2, 0) is 4.79 Å². The first kappa shape index (κ1) is 15.8. The maximum Gasteiger partial charge on any atom is 0.409 e. The number of nitrogens with zero attached hydrogens (tertiary/aromatic N) is 3. The number of rotatable bonds is 3. The lowest BCUT2D eigenvalue weighted by Gasteiger charge is -2.48. The molecule has 0 saturated carbocycles. The van der Waals surface area contributed by atoms with Crippen molar-refractivity contribution >= 4 is 17.6 Å². The zero-order valence-electron chi connectivity index (χ0n) is 12.5. The molecule has 1 aromatic carbocycles. The van der Waals surface area contributed by atoms with E-state index < -0.39 is 11.8 Å². The highest BCUT2D eigenvalue weighted by atomic mass is 16.4. The van der Waals surface area contributed by atoms with Gasteiger partial charge in [0.2, 0.25) is 0 Å². The lowest BCUT2D eigenvalue weighted by molar-refractivity contribution is -0.130. The molecule has 1 heterocycles. The summed E-state index contributed by atoms with van der Waals surface area (Å²) < 4.78 is 0. The van der Waals surface area contributed by atoms with E-state index in [-0.39, 0.29) is 18.9 Å². The van der Waals surface area contributed by atoms with Crippen LogP contribution in [0.4, 0.5) is 10.5 Å². The first-order chi connectivity index (χ1) is 10.4. The summed E-state index contributed by atoms with van der Waals surface area (Å²) in [6.45, 7) is 2.30. The van der Waals surface area contributed by atoms with Crippen molar-refractivity contribution in [1.29, 1.82) is 5.26 Å². The van der Waals surface area contributed by atoms with Gasteiger partial charge in [-0.3, -0.25) is 15.0 Å². The molecule has 7 heteroatoms. The number of piperazine rings is 1. The molecule has 1 aromatic rings. The van der Waals surface area contributed by atoms with E-state index >= 15 is 0 Å². The molecule has 1 amide bonds. The predicted molar refractivity (Wildman–Crippen MR) is 80.6 cm³/mol. The number of Topliss-reactive ketones (excluding diaryl/α,β-unsaturated/α-hetero) is 1. The van der Waals surface area contributed by atoms with Crippen molar-refractivity contribution in [3.63, 3.8) is 0 Å². The number of carbonyl (C=O) groups is 2. The summed E-state index contributed by atoms with van der Waals surface area (Å²) in [5.74, 6) is -0.254. The third kappa shape index (κ3) is 2.61. The molecule has 0 spiro atoms. The van der Waals surface area contributed by atoms with E-state index in [4.69, 9.17) is 5.26 Å². The van der Waals surface area contributed by atoms with Gasteiger partial charge in [-0.15, -0.1) is 0 Å². The van der Waals surface area contributed by atoms with Crippen LogP contribution < -0.4 is 10.2 Å². The number of hydrogen-bond donors (Lipinski definition) is 2. The number of nitriles is 1. The minimum atomic E-state index is -1.27. The van der Waals surface area contributed by atoms with E-state index in [1.165, 1.54) is 6.92 Å². The molecule has 1 fully saturated rings. The molecule has 7 nitrogen and oxygen atoms in total. The van der Waals surface area contributed by atoms with E-state index in [1.807, 2.05) is 4.90 Å². The quantitative estimate of drug-likeness (QED) is 0.859. The Morgan fingerprint density at radius 3 is 2.41 bits per heavy atom. The number of benzene rings is 1. The van der Waals surface area contributed by atoms with E-state index in [9.17, 15) is 14.7 Å². The van der Waals surface area contributed by atoms with Crippen molar-refractivity contribution in [3.05, 3.63) is 29.8 Å². The first-order valence-electron chi connectivity index (χ1n) is 6.90. The van der Waals surface area contributed by atoms with Gasteiger partial charge < -0.3 is 10.0 Å². The average molecular weight is 302 g/mol. The van der Waals surface area contributed by atoms with Gasteiger partial charge in [0.25, 0.3) is 0 Å². The Balaban J connectivity index is 2.33. The van der Waals surface area contributed by atoms with Crippen LogP contribution in [0.5, 0.6) is 0 Å². The number of carboxylic acid groups (broad SMARTS) is 1. The number of carbonyl (C=O) groups excluding carboxylic acids is 1. The van der Waals surface area contributed by atoms with Gasteiger partial charge in [-0.25, -0.2) is 4.79 Å². The maximum absolute atomic E-state index is 12.1. The molecule has 0 bridgehead atoms. The second kappa shape index (κ2) is 6.03. The standard InChI is InChI=1S/C15H18N4O3/c1-11(20)15(17-2)10-18(7-8-19(15)14(21)22)13-5-3-12(9-16)4-6-13/h3-6,17H,7-8,10H2,1-2H3,(H,21,22). The smallest absolute Gasteiger partial charge is 0.409 e. The molecule has 0 aliphatic carbocycles. The van der Waals surface area contributed by atoms with Crippen molar-refractivity contribution in [2.75, 3.05) is 31.6 Å². The summed E-state index contributed by atoms with van der Waals surface area (Å²) in [4.78, 5) is 26.6. The predicted octanol–water partition coefficient (Wildman–Crippen LogP) is 0.863. The SMILES string of the molecule is CNC1(C(C)=O)CN(c2ccc(C#N)cc2)CCN1C(=O)O. The van der Waals surface area contributed by atoms with Gasteiger partial charge in [-0.2, -0.15) is 5.26 Å². The topological polar surface area (TPSA) is 96.7 Å². The molecule has 22 heavy (non-hydrogen) atoms. The van der Waals surface area contributed by atoms with Gasteiger partial charge in [-0.1, -0.05) is 0 Å². The zero-order chi connectivity index (χ0) is 16.3. The highest BCUT2D eigenvalue weighted by Crippen LogP contribution is 2.25. The van der Waals surface area contributed by atoms with Gasteiger partial charge in [0.15, 0.2) is 11.4 Å². The van der Waals surface area contributed by atoms with Crippen LogP contribution in [0, 0.1) is 11.3 Å². The molecule has 0 aromatic heterocycles.